The second-order valence-corrected chi connectivity index (χ2v) is 6.20. The highest BCUT2D eigenvalue weighted by atomic mass is 32.2. The third-order valence-corrected chi connectivity index (χ3v) is 4.95. The van der Waals surface area contributed by atoms with Crippen LogP contribution in [0.5, 0.6) is 0 Å². The topological polar surface area (TPSA) is 101 Å². The van der Waals surface area contributed by atoms with Gasteiger partial charge in [0.25, 0.3) is 0 Å². The van der Waals surface area contributed by atoms with Crippen LogP contribution < -0.4 is 5.73 Å². The van der Waals surface area contributed by atoms with Crippen LogP contribution in [-0.4, -0.2) is 26.9 Å². The predicted molar refractivity (Wildman–Crippen MR) is 77.7 cm³/mol. The first-order valence-corrected chi connectivity index (χ1v) is 6.81. The number of nitrogens with two attached hydrogens (primary N) is 1. The number of hydrogen-bond acceptors (Lipinski definition) is 4. The minimum Gasteiger partial charge on any atom is -0.481 e. The van der Waals surface area contributed by atoms with Crippen molar-refractivity contribution >= 4 is 23.7 Å². The summed E-state index contributed by atoms with van der Waals surface area (Å²) in [6, 6.07) is 3.80. The number of hydrogen-bond donors (Lipinski definition) is 3. The van der Waals surface area contributed by atoms with E-state index in [1.807, 2.05) is 0 Å². The molecule has 0 radical (unpaired) electrons. The smallest absolute Gasteiger partial charge is 0.339 e. The van der Waals surface area contributed by atoms with Crippen molar-refractivity contribution in [3.63, 3.8) is 0 Å². The number of benzene rings is 1. The molecular weight excluding hydrogens is 297 g/mol. The second kappa shape index (κ2) is 6.17. The fourth-order valence-electron chi connectivity index (χ4n) is 1.69. The molecule has 21 heavy (non-hydrogen) atoms. The molecule has 0 aromatic heterocycles. The molecule has 1 unspecified atom stereocenters. The van der Waals surface area contributed by atoms with E-state index in [1.165, 1.54) is 26.0 Å². The van der Waals surface area contributed by atoms with Crippen molar-refractivity contribution in [3.8, 4) is 0 Å². The zero-order chi connectivity index (χ0) is 16.4. The van der Waals surface area contributed by atoms with Gasteiger partial charge in [0.2, 0.25) is 0 Å². The molecule has 0 saturated carbocycles. The molecular formula is C14H16FNO4S. The first-order chi connectivity index (χ1) is 9.61. The molecule has 0 saturated heterocycles. The van der Waals surface area contributed by atoms with Crippen LogP contribution in [0.25, 0.3) is 0 Å². The first kappa shape index (κ1) is 17.0. The highest BCUT2D eigenvalue weighted by Crippen LogP contribution is 2.43. The second-order valence-electron chi connectivity index (χ2n) is 4.71. The van der Waals surface area contributed by atoms with E-state index >= 15 is 0 Å². The Morgan fingerprint density at radius 1 is 1.43 bits per heavy atom. The molecule has 0 aliphatic heterocycles. The molecule has 0 spiro atoms. The van der Waals surface area contributed by atoms with Crippen LogP contribution in [0, 0.1) is 11.7 Å². The number of thioether (sulfide) groups is 1. The maximum atomic E-state index is 13.7. The van der Waals surface area contributed by atoms with Crippen molar-refractivity contribution in [2.45, 2.75) is 23.5 Å². The van der Waals surface area contributed by atoms with Crippen molar-refractivity contribution < 1.29 is 24.2 Å². The van der Waals surface area contributed by atoms with E-state index in [2.05, 4.69) is 6.58 Å². The van der Waals surface area contributed by atoms with E-state index in [-0.39, 0.29) is 10.6 Å². The Bertz CT molecular complexity index is 605. The Labute approximate surface area is 125 Å². The summed E-state index contributed by atoms with van der Waals surface area (Å²) in [6.07, 6.45) is 0. The van der Waals surface area contributed by atoms with Gasteiger partial charge in [-0.05, 0) is 19.1 Å². The molecule has 1 aromatic rings. The number of aliphatic carboxylic acids is 1. The lowest BCUT2D eigenvalue weighted by Crippen LogP contribution is -2.39. The zero-order valence-corrected chi connectivity index (χ0v) is 12.4. The molecule has 7 heteroatoms. The van der Waals surface area contributed by atoms with Crippen LogP contribution in [0.15, 0.2) is 35.4 Å². The van der Waals surface area contributed by atoms with Gasteiger partial charge in [0.1, 0.15) is 11.4 Å². The summed E-state index contributed by atoms with van der Waals surface area (Å²) >= 11 is 0.878. The summed E-state index contributed by atoms with van der Waals surface area (Å²) in [4.78, 5) is 22.5. The Morgan fingerprint density at radius 3 is 2.43 bits per heavy atom. The predicted octanol–water partition coefficient (Wildman–Crippen LogP) is 2.57. The summed E-state index contributed by atoms with van der Waals surface area (Å²) in [5, 5.41) is 18.3. The van der Waals surface area contributed by atoms with E-state index in [9.17, 15) is 19.1 Å². The largest absolute Gasteiger partial charge is 0.481 e. The van der Waals surface area contributed by atoms with Gasteiger partial charge in [-0.1, -0.05) is 19.6 Å². The van der Waals surface area contributed by atoms with Gasteiger partial charge in [-0.2, -0.15) is 0 Å². The molecule has 114 valence electrons. The quantitative estimate of drug-likeness (QED) is 0.698. The third kappa shape index (κ3) is 3.36. The van der Waals surface area contributed by atoms with Crippen molar-refractivity contribution in [2.24, 2.45) is 11.7 Å². The van der Waals surface area contributed by atoms with Gasteiger partial charge in [-0.25, -0.2) is 9.18 Å². The van der Waals surface area contributed by atoms with Gasteiger partial charge < -0.3 is 15.9 Å². The van der Waals surface area contributed by atoms with Crippen LogP contribution in [0.4, 0.5) is 4.39 Å². The molecule has 0 bridgehead atoms. The molecule has 0 fully saturated rings. The lowest BCUT2D eigenvalue weighted by Gasteiger charge is -2.33. The van der Waals surface area contributed by atoms with Crippen molar-refractivity contribution in [2.75, 3.05) is 0 Å². The van der Waals surface area contributed by atoms with E-state index in [4.69, 9.17) is 10.8 Å². The monoisotopic (exact) mass is 313 g/mol. The maximum absolute atomic E-state index is 13.7. The lowest BCUT2D eigenvalue weighted by atomic mass is 9.92. The first-order valence-electron chi connectivity index (χ1n) is 5.99. The van der Waals surface area contributed by atoms with E-state index < -0.39 is 34.0 Å². The number of carboxylic acids is 2. The van der Waals surface area contributed by atoms with Crippen molar-refractivity contribution in [1.82, 2.24) is 0 Å². The van der Waals surface area contributed by atoms with Gasteiger partial charge in [0.05, 0.1) is 10.7 Å². The average Bonchev–Trinajstić information content (AvgIpc) is 2.36. The molecule has 0 aliphatic rings. The number of aromatic carboxylic acids is 1. The SMILES string of the molecule is C=C(N)C(C)(Sc1cccc(F)c1C(=O)O)[C@H](C)C(=O)O. The van der Waals surface area contributed by atoms with Crippen LogP contribution in [0.1, 0.15) is 24.2 Å². The van der Waals surface area contributed by atoms with Gasteiger partial charge >= 0.3 is 11.9 Å². The average molecular weight is 313 g/mol. The molecule has 5 nitrogen and oxygen atoms in total. The number of carbonyl (C=O) groups is 2. The maximum Gasteiger partial charge on any atom is 0.339 e. The third-order valence-electron chi connectivity index (χ3n) is 3.35. The van der Waals surface area contributed by atoms with E-state index in [0.717, 1.165) is 17.8 Å². The minimum absolute atomic E-state index is 0.0722. The summed E-state index contributed by atoms with van der Waals surface area (Å²) in [6.45, 7) is 6.55. The summed E-state index contributed by atoms with van der Waals surface area (Å²) in [5.74, 6) is -4.36. The van der Waals surface area contributed by atoms with Crippen LogP contribution in [0.3, 0.4) is 0 Å². The van der Waals surface area contributed by atoms with E-state index in [0.29, 0.717) is 0 Å². The molecule has 1 rings (SSSR count). The Balaban J connectivity index is 3.36. The molecule has 2 atom stereocenters. The minimum atomic E-state index is -1.43. The summed E-state index contributed by atoms with van der Waals surface area (Å²) < 4.78 is 12.5. The highest BCUT2D eigenvalue weighted by Gasteiger charge is 2.40. The number of halogens is 1. The molecule has 0 heterocycles. The van der Waals surface area contributed by atoms with Gasteiger partial charge in [0, 0.05) is 10.6 Å². The van der Waals surface area contributed by atoms with Crippen LogP contribution >= 0.6 is 11.8 Å². The normalized spacial score (nSPS) is 15.0. The van der Waals surface area contributed by atoms with Gasteiger partial charge in [0.15, 0.2) is 0 Å². The lowest BCUT2D eigenvalue weighted by molar-refractivity contribution is -0.141. The Morgan fingerprint density at radius 2 is 2.00 bits per heavy atom. The van der Waals surface area contributed by atoms with Gasteiger partial charge in [-0.3, -0.25) is 4.79 Å². The number of rotatable bonds is 6. The van der Waals surface area contributed by atoms with Crippen molar-refractivity contribution in [1.29, 1.82) is 0 Å². The summed E-state index contributed by atoms with van der Waals surface area (Å²) in [5.41, 5.74) is 5.27. The summed E-state index contributed by atoms with van der Waals surface area (Å²) in [7, 11) is 0. The van der Waals surface area contributed by atoms with Crippen LogP contribution in [-0.2, 0) is 4.79 Å². The van der Waals surface area contributed by atoms with E-state index in [1.54, 1.807) is 0 Å². The fraction of sp³-hybridized carbons (Fsp3) is 0.286. The molecule has 0 amide bonds. The standard InChI is InChI=1S/C14H16FNO4S/c1-7(12(17)18)14(3,8(2)16)21-10-6-4-5-9(15)11(10)13(19)20/h4-7H,2,16H2,1,3H3,(H,17,18)(H,19,20)/t7-,14?/m1/s1. The highest BCUT2D eigenvalue weighted by molar-refractivity contribution is 8.01. The van der Waals surface area contributed by atoms with Crippen LogP contribution in [0.2, 0.25) is 0 Å². The zero-order valence-electron chi connectivity index (χ0n) is 11.6. The molecule has 0 aliphatic carbocycles. The molecule has 1 aromatic carbocycles. The fourth-order valence-corrected chi connectivity index (χ4v) is 2.99. The Hall–Kier alpha value is -2.02. The number of carboxylic acid groups (broad SMARTS) is 2. The van der Waals surface area contributed by atoms with Crippen molar-refractivity contribution in [3.05, 3.63) is 41.9 Å². The molecule has 4 N–H and O–H groups in total. The Kier molecular flexibility index (Phi) is 5.01. The van der Waals surface area contributed by atoms with Gasteiger partial charge in [-0.15, -0.1) is 11.8 Å².